The molecule has 4 aliphatic heterocycles. The monoisotopic (exact) mass is 622 g/mol. The molecule has 1 amide bonds. The van der Waals surface area contributed by atoms with Crippen molar-refractivity contribution in [3.63, 3.8) is 0 Å². The van der Waals surface area contributed by atoms with Crippen molar-refractivity contribution in [2.75, 3.05) is 45.9 Å². The van der Waals surface area contributed by atoms with E-state index < -0.39 is 5.60 Å². The van der Waals surface area contributed by atoms with E-state index in [2.05, 4.69) is 27.5 Å². The average Bonchev–Trinajstić information content (AvgIpc) is 3.85. The Morgan fingerprint density at radius 1 is 0.891 bits per heavy atom. The summed E-state index contributed by atoms with van der Waals surface area (Å²) in [6.45, 7) is 12.5. The highest BCUT2D eigenvalue weighted by Crippen LogP contribution is 2.29. The van der Waals surface area contributed by atoms with Crippen molar-refractivity contribution in [1.82, 2.24) is 29.0 Å². The molecule has 4 aliphatic rings. The molecule has 4 aromatic rings. The predicted octanol–water partition coefficient (Wildman–Crippen LogP) is 4.50. The van der Waals surface area contributed by atoms with Crippen LogP contribution in [0.1, 0.15) is 51.7 Å². The fourth-order valence-corrected chi connectivity index (χ4v) is 6.05. The van der Waals surface area contributed by atoms with Crippen LogP contribution in [0.3, 0.4) is 0 Å². The first-order valence-corrected chi connectivity index (χ1v) is 15.9. The molecule has 0 bridgehead atoms. The molecular formula is C35H42N8O3. The normalized spacial score (nSPS) is 17.5. The number of fused-ring (bicyclic) bond motifs is 2. The van der Waals surface area contributed by atoms with Crippen LogP contribution in [-0.4, -0.2) is 97.8 Å². The summed E-state index contributed by atoms with van der Waals surface area (Å²) in [7, 11) is 0. The Morgan fingerprint density at radius 3 is 2.04 bits per heavy atom. The number of rotatable bonds is 2. The van der Waals surface area contributed by atoms with Gasteiger partial charge in [-0.2, -0.15) is 0 Å². The molecule has 0 atom stereocenters. The molecular weight excluding hydrogens is 580 g/mol. The Bertz CT molecular complexity index is 1870. The van der Waals surface area contributed by atoms with Crippen molar-refractivity contribution in [3.05, 3.63) is 94.9 Å². The fourth-order valence-electron chi connectivity index (χ4n) is 6.05. The van der Waals surface area contributed by atoms with Crippen LogP contribution >= 0.6 is 0 Å². The Balaban J connectivity index is 0.000000155. The van der Waals surface area contributed by atoms with Crippen LogP contribution in [0.2, 0.25) is 0 Å². The van der Waals surface area contributed by atoms with E-state index in [1.165, 1.54) is 22.3 Å². The first-order valence-electron chi connectivity index (χ1n) is 15.9. The summed E-state index contributed by atoms with van der Waals surface area (Å²) in [5.74, 6) is 0. The highest BCUT2D eigenvalue weighted by Gasteiger charge is 2.31. The first kappa shape index (κ1) is 31.4. The SMILES string of the molecule is CC(C)(C)OC(=O)N1CCC2=C(C1)C(c1ccc3nccn3c1)=NC2.CCO.c1cn2cc(C3=NCC4=C3CNCC4)ccc2n1. The molecule has 11 heteroatoms. The summed E-state index contributed by atoms with van der Waals surface area (Å²) in [4.78, 5) is 32.2. The standard InChI is InChI=1S/C19H22N4O2.C14H14N4.C2H6O/c1-19(2,3)25-18(24)23-8-6-13-10-21-17(15(13)12-23)14-4-5-16-20-7-9-22(16)11-14;1-2-13-16-5-6-18(13)9-11(1)14-12-8-15-4-3-10(12)7-17-14;1-2-3/h4-5,7,9,11H,6,8,10,12H2,1-3H3;1-2,5-6,9,15H,3-4,7-8H2;3H,2H2,1H3. The number of pyridine rings is 2. The lowest BCUT2D eigenvalue weighted by Crippen LogP contribution is -2.41. The van der Waals surface area contributed by atoms with Gasteiger partial charge < -0.3 is 28.9 Å². The van der Waals surface area contributed by atoms with Crippen LogP contribution in [0.4, 0.5) is 4.79 Å². The number of aliphatic imine (C=N–C) groups is 2. The number of amides is 1. The molecule has 0 radical (unpaired) electrons. The fraction of sp³-hybridized carbons (Fsp3) is 0.400. The Kier molecular flexibility index (Phi) is 9.14. The summed E-state index contributed by atoms with van der Waals surface area (Å²) in [6, 6.07) is 8.20. The van der Waals surface area contributed by atoms with Gasteiger partial charge in [0.1, 0.15) is 16.9 Å². The maximum Gasteiger partial charge on any atom is 0.410 e. The van der Waals surface area contributed by atoms with Gasteiger partial charge in [0, 0.05) is 68.0 Å². The van der Waals surface area contributed by atoms with Gasteiger partial charge in [0.2, 0.25) is 0 Å². The first-order chi connectivity index (χ1) is 22.2. The number of imidazole rings is 2. The van der Waals surface area contributed by atoms with Crippen molar-refractivity contribution < 1.29 is 14.6 Å². The van der Waals surface area contributed by atoms with E-state index in [0.717, 1.165) is 72.9 Å². The van der Waals surface area contributed by atoms with Crippen LogP contribution in [0.25, 0.3) is 11.3 Å². The Labute approximate surface area is 269 Å². The maximum absolute atomic E-state index is 12.4. The van der Waals surface area contributed by atoms with Gasteiger partial charge in [-0.05, 0) is 93.6 Å². The molecule has 240 valence electrons. The number of aromatic nitrogens is 4. The second kappa shape index (κ2) is 13.4. The van der Waals surface area contributed by atoms with E-state index in [1.807, 2.05) is 72.6 Å². The van der Waals surface area contributed by atoms with Crippen molar-refractivity contribution in [2.45, 2.75) is 46.1 Å². The zero-order chi connectivity index (χ0) is 32.3. The van der Waals surface area contributed by atoms with Crippen LogP contribution in [0.5, 0.6) is 0 Å². The molecule has 46 heavy (non-hydrogen) atoms. The van der Waals surface area contributed by atoms with Gasteiger partial charge >= 0.3 is 6.09 Å². The van der Waals surface area contributed by atoms with E-state index in [0.29, 0.717) is 13.1 Å². The lowest BCUT2D eigenvalue weighted by Gasteiger charge is -2.31. The van der Waals surface area contributed by atoms with E-state index in [9.17, 15) is 4.79 Å². The second-order valence-electron chi connectivity index (χ2n) is 12.6. The Hall–Kier alpha value is -4.61. The number of aliphatic hydroxyl groups excluding tert-OH is 1. The molecule has 0 spiro atoms. The molecule has 0 fully saturated rings. The number of ether oxygens (including phenoxy) is 1. The van der Waals surface area contributed by atoms with Crippen LogP contribution in [0.15, 0.2) is 93.7 Å². The molecule has 0 aliphatic carbocycles. The predicted molar refractivity (Wildman–Crippen MR) is 180 cm³/mol. The number of nitrogens with one attached hydrogen (secondary N) is 1. The summed E-state index contributed by atoms with van der Waals surface area (Å²) in [5.41, 5.74) is 11.2. The largest absolute Gasteiger partial charge is 0.444 e. The average molecular weight is 623 g/mol. The lowest BCUT2D eigenvalue weighted by atomic mass is 9.96. The maximum atomic E-state index is 12.4. The van der Waals surface area contributed by atoms with Gasteiger partial charge in [0.15, 0.2) is 0 Å². The topological polar surface area (TPSA) is 121 Å². The summed E-state index contributed by atoms with van der Waals surface area (Å²) < 4.78 is 9.57. The van der Waals surface area contributed by atoms with E-state index in [1.54, 1.807) is 18.0 Å². The third-order valence-electron chi connectivity index (χ3n) is 8.20. The molecule has 0 aromatic carbocycles. The van der Waals surface area contributed by atoms with Gasteiger partial charge in [0.05, 0.1) is 31.1 Å². The van der Waals surface area contributed by atoms with Gasteiger partial charge in [-0.3, -0.25) is 9.98 Å². The molecule has 0 unspecified atom stereocenters. The zero-order valence-electron chi connectivity index (χ0n) is 27.0. The third-order valence-corrected chi connectivity index (χ3v) is 8.20. The van der Waals surface area contributed by atoms with E-state index in [4.69, 9.17) is 19.8 Å². The lowest BCUT2D eigenvalue weighted by molar-refractivity contribution is 0.0263. The number of hydrogen-bond acceptors (Lipinski definition) is 8. The molecule has 8 rings (SSSR count). The molecule has 0 saturated carbocycles. The van der Waals surface area contributed by atoms with Crippen molar-refractivity contribution in [3.8, 4) is 0 Å². The molecule has 4 aromatic heterocycles. The van der Waals surface area contributed by atoms with Crippen molar-refractivity contribution in [2.24, 2.45) is 9.98 Å². The minimum Gasteiger partial charge on any atom is -0.444 e. The number of nitrogens with zero attached hydrogens (tertiary/aromatic N) is 7. The zero-order valence-corrected chi connectivity index (χ0v) is 27.0. The van der Waals surface area contributed by atoms with Gasteiger partial charge in [-0.15, -0.1) is 0 Å². The van der Waals surface area contributed by atoms with Gasteiger partial charge in [-0.25, -0.2) is 14.8 Å². The summed E-state index contributed by atoms with van der Waals surface area (Å²) in [5, 5.41) is 11.0. The molecule has 0 saturated heterocycles. The van der Waals surface area contributed by atoms with E-state index in [-0.39, 0.29) is 12.7 Å². The number of carbonyl (C=O) groups is 1. The molecule has 2 N–H and O–H groups in total. The number of aliphatic hydroxyl groups is 1. The highest BCUT2D eigenvalue weighted by molar-refractivity contribution is 6.15. The number of hydrogen-bond donors (Lipinski definition) is 2. The summed E-state index contributed by atoms with van der Waals surface area (Å²) >= 11 is 0. The van der Waals surface area contributed by atoms with Crippen LogP contribution in [0, 0.1) is 0 Å². The Morgan fingerprint density at radius 2 is 1.46 bits per heavy atom. The van der Waals surface area contributed by atoms with Crippen molar-refractivity contribution >= 4 is 28.8 Å². The third kappa shape index (κ3) is 6.80. The second-order valence-corrected chi connectivity index (χ2v) is 12.6. The van der Waals surface area contributed by atoms with Crippen LogP contribution in [-0.2, 0) is 4.74 Å². The smallest absolute Gasteiger partial charge is 0.410 e. The van der Waals surface area contributed by atoms with Gasteiger partial charge in [-0.1, -0.05) is 0 Å². The van der Waals surface area contributed by atoms with Crippen LogP contribution < -0.4 is 5.32 Å². The summed E-state index contributed by atoms with van der Waals surface area (Å²) in [6.07, 6.45) is 13.4. The minimum atomic E-state index is -0.481. The number of carbonyl (C=O) groups excluding carboxylic acids is 1. The highest BCUT2D eigenvalue weighted by atomic mass is 16.6. The van der Waals surface area contributed by atoms with Crippen molar-refractivity contribution in [1.29, 1.82) is 0 Å². The van der Waals surface area contributed by atoms with Gasteiger partial charge in [0.25, 0.3) is 0 Å². The molecule has 11 nitrogen and oxygen atoms in total. The minimum absolute atomic E-state index is 0.250. The molecule has 8 heterocycles. The quantitative estimate of drug-likeness (QED) is 0.340. The van der Waals surface area contributed by atoms with E-state index >= 15 is 0 Å².